The van der Waals surface area contributed by atoms with Gasteiger partial charge in [-0.2, -0.15) is 5.10 Å². The number of hydrogen-bond acceptors (Lipinski definition) is 4. The van der Waals surface area contributed by atoms with Crippen LogP contribution in [0.4, 0.5) is 0 Å². The lowest BCUT2D eigenvalue weighted by molar-refractivity contribution is 0.0734. The Hall–Kier alpha value is -2.44. The molecule has 1 saturated heterocycles. The summed E-state index contributed by atoms with van der Waals surface area (Å²) in [6, 6.07) is 9.32. The zero-order valence-corrected chi connectivity index (χ0v) is 14.5. The van der Waals surface area contributed by atoms with E-state index in [0.29, 0.717) is 22.8 Å². The van der Waals surface area contributed by atoms with E-state index < -0.39 is 0 Å². The number of carbonyl (C=O) groups is 1. The smallest absolute Gasteiger partial charge is 0.256 e. The second-order valence-electron chi connectivity index (χ2n) is 6.45. The van der Waals surface area contributed by atoms with Gasteiger partial charge in [0.2, 0.25) is 0 Å². The SMILES string of the molecule is Cc1n[nH]c2ncc(C(=O)N3C[C@H](N)C[C@H]3c3ccc(Cl)cc3)cc12. The Labute approximate surface area is 150 Å². The molecular weight excluding hydrogens is 338 g/mol. The number of amides is 1. The first kappa shape index (κ1) is 16.1. The Bertz CT molecular complexity index is 936. The summed E-state index contributed by atoms with van der Waals surface area (Å²) < 4.78 is 0. The Morgan fingerprint density at radius 3 is 2.88 bits per heavy atom. The number of likely N-dealkylation sites (tertiary alicyclic amines) is 1. The molecular formula is C18H18ClN5O. The normalized spacial score (nSPS) is 20.4. The molecule has 2 aromatic heterocycles. The summed E-state index contributed by atoms with van der Waals surface area (Å²) >= 11 is 5.98. The number of carbonyl (C=O) groups excluding carboxylic acids is 1. The van der Waals surface area contributed by atoms with Crippen LogP contribution in [0.3, 0.4) is 0 Å². The van der Waals surface area contributed by atoms with E-state index >= 15 is 0 Å². The standard InChI is InChI=1S/C18H18ClN5O/c1-10-15-6-12(8-21-17(15)23-22-10)18(25)24-9-14(20)7-16(24)11-2-4-13(19)5-3-11/h2-6,8,14,16H,7,9,20H2,1H3,(H,21,22,23)/t14-,16+/m1/s1. The van der Waals surface area contributed by atoms with E-state index in [4.69, 9.17) is 17.3 Å². The lowest BCUT2D eigenvalue weighted by Gasteiger charge is -2.25. The number of fused-ring (bicyclic) bond motifs is 1. The van der Waals surface area contributed by atoms with Crippen LogP contribution in [-0.2, 0) is 0 Å². The van der Waals surface area contributed by atoms with Crippen LogP contribution in [-0.4, -0.2) is 38.6 Å². The van der Waals surface area contributed by atoms with Crippen molar-refractivity contribution < 1.29 is 4.79 Å². The average molecular weight is 356 g/mol. The highest BCUT2D eigenvalue weighted by atomic mass is 35.5. The van der Waals surface area contributed by atoms with Gasteiger partial charge in [0.1, 0.15) is 0 Å². The fraction of sp³-hybridized carbons (Fsp3) is 0.278. The molecule has 3 heterocycles. The summed E-state index contributed by atoms with van der Waals surface area (Å²) in [6.45, 7) is 2.41. The minimum absolute atomic E-state index is 0.0445. The summed E-state index contributed by atoms with van der Waals surface area (Å²) in [5.74, 6) is -0.0668. The number of aryl methyl sites for hydroxylation is 1. The van der Waals surface area contributed by atoms with Gasteiger partial charge >= 0.3 is 0 Å². The van der Waals surface area contributed by atoms with E-state index in [1.807, 2.05) is 42.2 Å². The molecule has 25 heavy (non-hydrogen) atoms. The fourth-order valence-corrected chi connectivity index (χ4v) is 3.53. The molecule has 128 valence electrons. The second-order valence-corrected chi connectivity index (χ2v) is 6.89. The van der Waals surface area contributed by atoms with Gasteiger partial charge < -0.3 is 10.6 Å². The average Bonchev–Trinajstić information content (AvgIpc) is 3.18. The van der Waals surface area contributed by atoms with Crippen molar-refractivity contribution in [2.45, 2.75) is 25.4 Å². The topological polar surface area (TPSA) is 87.9 Å². The minimum Gasteiger partial charge on any atom is -0.330 e. The van der Waals surface area contributed by atoms with Crippen molar-refractivity contribution in [1.29, 1.82) is 0 Å². The number of hydrogen-bond donors (Lipinski definition) is 2. The number of halogens is 1. The summed E-state index contributed by atoms with van der Waals surface area (Å²) in [5.41, 5.74) is 9.24. The van der Waals surface area contributed by atoms with Crippen LogP contribution in [0, 0.1) is 6.92 Å². The Morgan fingerprint density at radius 1 is 1.36 bits per heavy atom. The van der Waals surface area contributed by atoms with Crippen LogP contribution in [0.1, 0.15) is 34.1 Å². The highest BCUT2D eigenvalue weighted by Crippen LogP contribution is 2.33. The van der Waals surface area contributed by atoms with E-state index in [9.17, 15) is 4.79 Å². The quantitative estimate of drug-likeness (QED) is 0.739. The third-order valence-corrected chi connectivity index (χ3v) is 4.95. The van der Waals surface area contributed by atoms with Crippen LogP contribution in [0.5, 0.6) is 0 Å². The molecule has 3 aromatic rings. The molecule has 0 radical (unpaired) electrons. The number of benzene rings is 1. The van der Waals surface area contributed by atoms with Gasteiger partial charge in [-0.1, -0.05) is 23.7 Å². The van der Waals surface area contributed by atoms with Crippen LogP contribution >= 0.6 is 11.6 Å². The number of nitrogens with zero attached hydrogens (tertiary/aromatic N) is 3. The first-order valence-corrected chi connectivity index (χ1v) is 8.53. The monoisotopic (exact) mass is 355 g/mol. The number of nitrogens with one attached hydrogen (secondary N) is 1. The van der Waals surface area contributed by atoms with Crippen molar-refractivity contribution in [2.75, 3.05) is 6.54 Å². The molecule has 0 unspecified atom stereocenters. The summed E-state index contributed by atoms with van der Waals surface area (Å²) in [6.07, 6.45) is 2.32. The lowest BCUT2D eigenvalue weighted by Crippen LogP contribution is -2.33. The Kier molecular flexibility index (Phi) is 3.94. The highest BCUT2D eigenvalue weighted by Gasteiger charge is 2.35. The molecule has 0 saturated carbocycles. The molecule has 2 atom stereocenters. The maximum absolute atomic E-state index is 13.1. The van der Waals surface area contributed by atoms with Gasteiger partial charge in [0, 0.05) is 29.2 Å². The number of rotatable bonds is 2. The van der Waals surface area contributed by atoms with E-state index in [1.54, 1.807) is 6.20 Å². The second kappa shape index (κ2) is 6.13. The van der Waals surface area contributed by atoms with Crippen LogP contribution < -0.4 is 5.73 Å². The first-order valence-electron chi connectivity index (χ1n) is 8.15. The molecule has 7 heteroatoms. The Balaban J connectivity index is 1.68. The molecule has 4 rings (SSSR count). The molecule has 6 nitrogen and oxygen atoms in total. The zero-order chi connectivity index (χ0) is 17.6. The summed E-state index contributed by atoms with van der Waals surface area (Å²) in [5, 5.41) is 8.52. The number of nitrogens with two attached hydrogens (primary N) is 1. The summed E-state index contributed by atoms with van der Waals surface area (Å²) in [7, 11) is 0. The van der Waals surface area contributed by atoms with E-state index in [0.717, 1.165) is 23.1 Å². The van der Waals surface area contributed by atoms with Gasteiger partial charge in [-0.25, -0.2) is 4.98 Å². The largest absolute Gasteiger partial charge is 0.330 e. The number of H-pyrrole nitrogens is 1. The molecule has 1 aromatic carbocycles. The van der Waals surface area contributed by atoms with Crippen molar-refractivity contribution in [3.63, 3.8) is 0 Å². The zero-order valence-electron chi connectivity index (χ0n) is 13.7. The molecule has 1 aliphatic heterocycles. The van der Waals surface area contributed by atoms with Crippen LogP contribution in [0.15, 0.2) is 36.5 Å². The molecule has 3 N–H and O–H groups in total. The van der Waals surface area contributed by atoms with Crippen LogP contribution in [0.2, 0.25) is 5.02 Å². The van der Waals surface area contributed by atoms with Crippen molar-refractivity contribution >= 4 is 28.5 Å². The van der Waals surface area contributed by atoms with Crippen molar-refractivity contribution in [2.24, 2.45) is 5.73 Å². The molecule has 0 spiro atoms. The van der Waals surface area contributed by atoms with E-state index in [1.165, 1.54) is 0 Å². The number of pyridine rings is 1. The van der Waals surface area contributed by atoms with Gasteiger partial charge in [0.15, 0.2) is 5.65 Å². The Morgan fingerprint density at radius 2 is 2.12 bits per heavy atom. The summed E-state index contributed by atoms with van der Waals surface area (Å²) in [4.78, 5) is 19.2. The molecule has 1 aliphatic rings. The van der Waals surface area contributed by atoms with Crippen molar-refractivity contribution in [3.05, 3.63) is 58.4 Å². The minimum atomic E-state index is -0.0668. The predicted molar refractivity (Wildman–Crippen MR) is 96.4 cm³/mol. The number of aromatic amines is 1. The maximum atomic E-state index is 13.1. The maximum Gasteiger partial charge on any atom is 0.256 e. The van der Waals surface area contributed by atoms with E-state index in [-0.39, 0.29) is 18.0 Å². The first-order chi connectivity index (χ1) is 12.0. The third kappa shape index (κ3) is 2.88. The van der Waals surface area contributed by atoms with Gasteiger partial charge in [-0.15, -0.1) is 0 Å². The lowest BCUT2D eigenvalue weighted by atomic mass is 10.0. The van der Waals surface area contributed by atoms with Gasteiger partial charge in [0.05, 0.1) is 17.3 Å². The molecule has 0 aliphatic carbocycles. The van der Waals surface area contributed by atoms with Gasteiger partial charge in [-0.3, -0.25) is 9.89 Å². The molecule has 0 bridgehead atoms. The van der Waals surface area contributed by atoms with Crippen molar-refractivity contribution in [1.82, 2.24) is 20.1 Å². The molecule has 1 amide bonds. The predicted octanol–water partition coefficient (Wildman–Crippen LogP) is 2.83. The number of aromatic nitrogens is 3. The highest BCUT2D eigenvalue weighted by molar-refractivity contribution is 6.30. The van der Waals surface area contributed by atoms with Gasteiger partial charge in [-0.05, 0) is 37.1 Å². The third-order valence-electron chi connectivity index (χ3n) is 4.70. The van der Waals surface area contributed by atoms with E-state index in [2.05, 4.69) is 15.2 Å². The molecule has 1 fully saturated rings. The fourth-order valence-electron chi connectivity index (χ4n) is 3.40. The van der Waals surface area contributed by atoms with Crippen LogP contribution in [0.25, 0.3) is 11.0 Å². The van der Waals surface area contributed by atoms with Gasteiger partial charge in [0.25, 0.3) is 5.91 Å². The van der Waals surface area contributed by atoms with Crippen molar-refractivity contribution in [3.8, 4) is 0 Å².